The zero-order valence-electron chi connectivity index (χ0n) is 11.2. The van der Waals surface area contributed by atoms with E-state index < -0.39 is 0 Å². The van der Waals surface area contributed by atoms with Gasteiger partial charge in [-0.2, -0.15) is 10.2 Å². The van der Waals surface area contributed by atoms with Crippen LogP contribution >= 0.6 is 11.3 Å². The average molecular weight is 290 g/mol. The van der Waals surface area contributed by atoms with Crippen LogP contribution in [0, 0.1) is 0 Å². The summed E-state index contributed by atoms with van der Waals surface area (Å²) in [6, 6.07) is 0. The Morgan fingerprint density at radius 1 is 1.35 bits per heavy atom. The molecule has 3 aromatic heterocycles. The Morgan fingerprint density at radius 3 is 2.95 bits per heavy atom. The van der Waals surface area contributed by atoms with Crippen LogP contribution in [0.3, 0.4) is 0 Å². The van der Waals surface area contributed by atoms with E-state index in [4.69, 9.17) is 4.74 Å². The number of methoxy groups -OCH3 is 1. The third-order valence-corrected chi connectivity index (χ3v) is 4.18. The van der Waals surface area contributed by atoms with Crippen LogP contribution in [0.4, 0.5) is 0 Å². The fourth-order valence-corrected chi connectivity index (χ4v) is 3.04. The van der Waals surface area contributed by atoms with Crippen LogP contribution in [0.5, 0.6) is 0 Å². The molecule has 6 nitrogen and oxygen atoms in total. The molecule has 3 rings (SSSR count). The highest BCUT2D eigenvalue weighted by molar-refractivity contribution is 7.21. The fourth-order valence-electron chi connectivity index (χ4n) is 1.96. The first-order valence-electron chi connectivity index (χ1n) is 6.19. The van der Waals surface area contributed by atoms with Gasteiger partial charge in [-0.3, -0.25) is 9.48 Å². The standard InChI is InChI=1S/C13H14N4O2S/c1-9(18)11-6-15-17-8-12(20-13(11)17)10-5-14-16(7-10)3-4-19-2/h5-8H,3-4H2,1-2H3. The molecule has 20 heavy (non-hydrogen) atoms. The van der Waals surface area contributed by atoms with Crippen molar-refractivity contribution in [3.8, 4) is 10.4 Å². The number of fused-ring (bicyclic) bond motifs is 1. The quantitative estimate of drug-likeness (QED) is 0.675. The lowest BCUT2D eigenvalue weighted by Gasteiger charge is -1.97. The Balaban J connectivity index is 1.93. The number of thiazole rings is 1. The molecule has 0 N–H and O–H groups in total. The molecule has 3 heterocycles. The number of carbonyl (C=O) groups is 1. The minimum Gasteiger partial charge on any atom is -0.383 e. The molecule has 0 fully saturated rings. The van der Waals surface area contributed by atoms with Gasteiger partial charge in [-0.15, -0.1) is 11.3 Å². The number of aromatic nitrogens is 4. The molecule has 0 aliphatic heterocycles. The van der Waals surface area contributed by atoms with Crippen molar-refractivity contribution < 1.29 is 9.53 Å². The first-order valence-corrected chi connectivity index (χ1v) is 7.00. The maximum atomic E-state index is 11.5. The van der Waals surface area contributed by atoms with Gasteiger partial charge >= 0.3 is 0 Å². The predicted molar refractivity (Wildman–Crippen MR) is 76.2 cm³/mol. The molecule has 0 unspecified atom stereocenters. The van der Waals surface area contributed by atoms with Crippen molar-refractivity contribution in [3.05, 3.63) is 30.4 Å². The summed E-state index contributed by atoms with van der Waals surface area (Å²) in [6.45, 7) is 2.90. The lowest BCUT2D eigenvalue weighted by atomic mass is 10.3. The number of hydrogen-bond acceptors (Lipinski definition) is 5. The minimum absolute atomic E-state index is 0.0317. The molecule has 0 bridgehead atoms. The summed E-state index contributed by atoms with van der Waals surface area (Å²) in [4.78, 5) is 13.4. The maximum Gasteiger partial charge on any atom is 0.164 e. The topological polar surface area (TPSA) is 61.4 Å². The molecule has 7 heteroatoms. The average Bonchev–Trinajstić information content (AvgIpc) is 3.09. The van der Waals surface area contributed by atoms with Gasteiger partial charge in [0.1, 0.15) is 4.83 Å². The van der Waals surface area contributed by atoms with E-state index in [0.717, 1.165) is 21.8 Å². The number of rotatable bonds is 5. The lowest BCUT2D eigenvalue weighted by molar-refractivity contribution is 0.101. The van der Waals surface area contributed by atoms with E-state index in [0.29, 0.717) is 12.2 Å². The van der Waals surface area contributed by atoms with Crippen molar-refractivity contribution in [2.24, 2.45) is 0 Å². The molecule has 0 spiro atoms. The fraction of sp³-hybridized carbons (Fsp3) is 0.308. The third-order valence-electron chi connectivity index (χ3n) is 3.02. The second kappa shape index (κ2) is 5.18. The van der Waals surface area contributed by atoms with Gasteiger partial charge < -0.3 is 4.74 Å². The Labute approximate surface area is 119 Å². The highest BCUT2D eigenvalue weighted by Crippen LogP contribution is 2.30. The van der Waals surface area contributed by atoms with Gasteiger partial charge in [-0.25, -0.2) is 4.52 Å². The van der Waals surface area contributed by atoms with Crippen molar-refractivity contribution in [2.45, 2.75) is 13.5 Å². The summed E-state index contributed by atoms with van der Waals surface area (Å²) in [7, 11) is 1.67. The molecule has 0 saturated carbocycles. The maximum absolute atomic E-state index is 11.5. The normalized spacial score (nSPS) is 11.3. The largest absolute Gasteiger partial charge is 0.383 e. The number of hydrogen-bond donors (Lipinski definition) is 0. The SMILES string of the molecule is COCCn1cc(-c2cn3ncc(C(C)=O)c3s2)cn1. The molecule has 0 aromatic carbocycles. The second-order valence-electron chi connectivity index (χ2n) is 4.44. The summed E-state index contributed by atoms with van der Waals surface area (Å²) in [5.41, 5.74) is 1.68. The van der Waals surface area contributed by atoms with Gasteiger partial charge in [-0.1, -0.05) is 0 Å². The second-order valence-corrected chi connectivity index (χ2v) is 5.48. The molecule has 104 valence electrons. The van der Waals surface area contributed by atoms with Gasteiger partial charge in [0.15, 0.2) is 5.78 Å². The molecule has 0 atom stereocenters. The van der Waals surface area contributed by atoms with Crippen LogP contribution < -0.4 is 0 Å². The van der Waals surface area contributed by atoms with Gasteiger partial charge in [0.2, 0.25) is 0 Å². The Morgan fingerprint density at radius 2 is 2.20 bits per heavy atom. The summed E-state index contributed by atoms with van der Waals surface area (Å²) in [5.74, 6) is 0.0317. The van der Waals surface area contributed by atoms with Gasteiger partial charge in [0.05, 0.1) is 36.0 Å². The molecule has 0 radical (unpaired) electrons. The number of carbonyl (C=O) groups excluding carboxylic acids is 1. The first kappa shape index (κ1) is 13.0. The van der Waals surface area contributed by atoms with Crippen molar-refractivity contribution in [2.75, 3.05) is 13.7 Å². The van der Waals surface area contributed by atoms with E-state index in [2.05, 4.69) is 10.2 Å². The van der Waals surface area contributed by atoms with Gasteiger partial charge in [0, 0.05) is 25.1 Å². The third kappa shape index (κ3) is 2.25. The number of ketones is 1. The van der Waals surface area contributed by atoms with Gasteiger partial charge in [0.25, 0.3) is 0 Å². The van der Waals surface area contributed by atoms with E-state index in [1.165, 1.54) is 0 Å². The van der Waals surface area contributed by atoms with E-state index in [9.17, 15) is 4.79 Å². The van der Waals surface area contributed by atoms with Crippen LogP contribution in [0.15, 0.2) is 24.8 Å². The van der Waals surface area contributed by atoms with Gasteiger partial charge in [-0.05, 0) is 6.92 Å². The summed E-state index contributed by atoms with van der Waals surface area (Å²) < 4.78 is 8.61. The summed E-state index contributed by atoms with van der Waals surface area (Å²) in [5, 5.41) is 8.49. The zero-order valence-corrected chi connectivity index (χ0v) is 12.1. The monoisotopic (exact) mass is 290 g/mol. The number of Topliss-reactive ketones (excluding diaryl/α,β-unsaturated/α-hetero) is 1. The van der Waals surface area contributed by atoms with E-state index >= 15 is 0 Å². The Bertz CT molecular complexity index is 755. The molecular formula is C13H14N4O2S. The number of nitrogens with zero attached hydrogens (tertiary/aromatic N) is 4. The zero-order chi connectivity index (χ0) is 14.1. The van der Waals surface area contributed by atoms with Crippen LogP contribution in [0.2, 0.25) is 0 Å². The van der Waals surface area contributed by atoms with Crippen molar-refractivity contribution in [1.29, 1.82) is 0 Å². The predicted octanol–water partition coefficient (Wildman–Crippen LogP) is 2.11. The smallest absolute Gasteiger partial charge is 0.164 e. The Kier molecular flexibility index (Phi) is 3.37. The van der Waals surface area contributed by atoms with Crippen LogP contribution in [0.1, 0.15) is 17.3 Å². The van der Waals surface area contributed by atoms with E-state index in [1.54, 1.807) is 36.1 Å². The van der Waals surface area contributed by atoms with Crippen LogP contribution in [0.25, 0.3) is 15.3 Å². The molecule has 0 amide bonds. The van der Waals surface area contributed by atoms with Crippen molar-refractivity contribution in [1.82, 2.24) is 19.4 Å². The Hall–Kier alpha value is -1.99. The summed E-state index contributed by atoms with van der Waals surface area (Å²) >= 11 is 1.54. The van der Waals surface area contributed by atoms with E-state index in [-0.39, 0.29) is 5.78 Å². The molecule has 0 saturated heterocycles. The van der Waals surface area contributed by atoms with Crippen LogP contribution in [-0.4, -0.2) is 38.9 Å². The van der Waals surface area contributed by atoms with Crippen LogP contribution in [-0.2, 0) is 11.3 Å². The molecule has 0 aliphatic carbocycles. The lowest BCUT2D eigenvalue weighted by Crippen LogP contribution is -2.03. The van der Waals surface area contributed by atoms with Crippen molar-refractivity contribution >= 4 is 22.0 Å². The minimum atomic E-state index is 0.0317. The molecule has 3 aromatic rings. The van der Waals surface area contributed by atoms with E-state index in [1.807, 2.05) is 23.3 Å². The highest BCUT2D eigenvalue weighted by atomic mass is 32.1. The molecular weight excluding hydrogens is 276 g/mol. The summed E-state index contributed by atoms with van der Waals surface area (Å²) in [6.07, 6.45) is 7.32. The van der Waals surface area contributed by atoms with Crippen molar-refractivity contribution in [3.63, 3.8) is 0 Å². The first-order chi connectivity index (χ1) is 9.69. The number of ether oxygens (including phenoxy) is 1. The highest BCUT2D eigenvalue weighted by Gasteiger charge is 2.13. The molecule has 0 aliphatic rings.